The Labute approximate surface area is 126 Å². The largest absolute Gasteiger partial charge is 0.389 e. The molecule has 1 aromatic heterocycles. The lowest BCUT2D eigenvalue weighted by Gasteiger charge is -2.25. The van der Waals surface area contributed by atoms with E-state index in [4.69, 9.17) is 0 Å². The van der Waals surface area contributed by atoms with Gasteiger partial charge in [0.25, 0.3) is 5.91 Å². The summed E-state index contributed by atoms with van der Waals surface area (Å²) in [5, 5.41) is 5.79. The van der Waals surface area contributed by atoms with Gasteiger partial charge in [-0.2, -0.15) is 13.2 Å². The molecule has 0 saturated heterocycles. The Morgan fingerprint density at radius 2 is 2.27 bits per heavy atom. The highest BCUT2D eigenvalue weighted by atomic mass is 19.4. The molecular weight excluding hydrogens is 295 g/mol. The summed E-state index contributed by atoms with van der Waals surface area (Å²) in [5.41, 5.74) is 2.71. The van der Waals surface area contributed by atoms with Crippen LogP contribution >= 0.6 is 0 Å². The molecule has 0 fully saturated rings. The van der Waals surface area contributed by atoms with Crippen LogP contribution in [0, 0.1) is 0 Å². The van der Waals surface area contributed by atoms with E-state index in [1.807, 2.05) is 10.6 Å². The van der Waals surface area contributed by atoms with Crippen molar-refractivity contribution in [2.45, 2.75) is 31.5 Å². The van der Waals surface area contributed by atoms with Gasteiger partial charge in [-0.1, -0.05) is 6.08 Å². The van der Waals surface area contributed by atoms with Gasteiger partial charge in [0, 0.05) is 38.6 Å². The van der Waals surface area contributed by atoms with Gasteiger partial charge < -0.3 is 15.2 Å². The number of amides is 1. The lowest BCUT2D eigenvalue weighted by molar-refractivity contribution is -0.138. The molecule has 0 aromatic carbocycles. The predicted molar refractivity (Wildman–Crippen MR) is 76.7 cm³/mol. The molecule has 1 amide bonds. The molecule has 22 heavy (non-hydrogen) atoms. The molecule has 1 aliphatic heterocycles. The van der Waals surface area contributed by atoms with E-state index in [1.54, 1.807) is 6.20 Å². The van der Waals surface area contributed by atoms with Crippen LogP contribution < -0.4 is 10.6 Å². The Morgan fingerprint density at radius 1 is 1.50 bits per heavy atom. The summed E-state index contributed by atoms with van der Waals surface area (Å²) < 4.78 is 40.6. The molecule has 1 aliphatic carbocycles. The van der Waals surface area contributed by atoms with Crippen molar-refractivity contribution >= 4 is 11.5 Å². The maximum atomic E-state index is 12.9. The first-order chi connectivity index (χ1) is 10.4. The average Bonchev–Trinajstić information content (AvgIpc) is 2.71. The van der Waals surface area contributed by atoms with Gasteiger partial charge in [-0.3, -0.25) is 4.79 Å². The van der Waals surface area contributed by atoms with E-state index in [1.165, 1.54) is 7.05 Å². The molecule has 0 spiro atoms. The quantitative estimate of drug-likeness (QED) is 0.880. The first kappa shape index (κ1) is 15.1. The van der Waals surface area contributed by atoms with Gasteiger partial charge in [0.1, 0.15) is 0 Å². The molecule has 0 bridgehead atoms. The summed E-state index contributed by atoms with van der Waals surface area (Å²) in [6, 6.07) is 0. The zero-order valence-corrected chi connectivity index (χ0v) is 12.3. The summed E-state index contributed by atoms with van der Waals surface area (Å²) in [7, 11) is 1.50. The summed E-state index contributed by atoms with van der Waals surface area (Å²) in [6.45, 7) is 2.01. The highest BCUT2D eigenvalue weighted by Gasteiger charge is 2.38. The Morgan fingerprint density at radius 3 is 2.95 bits per heavy atom. The molecule has 0 radical (unpaired) electrons. The minimum Gasteiger partial charge on any atom is -0.355 e. The molecule has 0 saturated carbocycles. The van der Waals surface area contributed by atoms with Gasteiger partial charge in [0.05, 0.1) is 12.0 Å². The zero-order chi connectivity index (χ0) is 15.9. The van der Waals surface area contributed by atoms with Crippen molar-refractivity contribution in [3.8, 4) is 0 Å². The number of allylic oxidation sites excluding steroid dienone is 1. The number of halogens is 3. The third kappa shape index (κ3) is 2.65. The maximum Gasteiger partial charge on any atom is 0.389 e. The van der Waals surface area contributed by atoms with Gasteiger partial charge in [-0.05, 0) is 23.5 Å². The van der Waals surface area contributed by atoms with Crippen LogP contribution in [-0.4, -0.2) is 36.8 Å². The number of rotatable bonds is 2. The van der Waals surface area contributed by atoms with Crippen LogP contribution in [0.5, 0.6) is 0 Å². The van der Waals surface area contributed by atoms with Crippen molar-refractivity contribution in [3.05, 3.63) is 29.1 Å². The predicted octanol–water partition coefficient (Wildman–Crippen LogP) is 2.27. The monoisotopic (exact) mass is 313 g/mol. The number of nitrogens with one attached hydrogen (secondary N) is 2. The van der Waals surface area contributed by atoms with Crippen LogP contribution in [0.1, 0.15) is 40.4 Å². The van der Waals surface area contributed by atoms with Gasteiger partial charge in [0.2, 0.25) is 0 Å². The summed E-state index contributed by atoms with van der Waals surface area (Å²) in [5.74, 6) is -1.01. The van der Waals surface area contributed by atoms with Crippen molar-refractivity contribution in [1.29, 1.82) is 0 Å². The molecule has 4 nitrogen and oxygen atoms in total. The van der Waals surface area contributed by atoms with Crippen molar-refractivity contribution < 1.29 is 18.0 Å². The van der Waals surface area contributed by atoms with Crippen molar-refractivity contribution in [2.75, 3.05) is 20.1 Å². The molecule has 1 atom stereocenters. The Bertz CT molecular complexity index is 631. The molecule has 0 unspecified atom stereocenters. The minimum absolute atomic E-state index is 0.317. The lowest BCUT2D eigenvalue weighted by Crippen LogP contribution is -2.24. The smallest absolute Gasteiger partial charge is 0.355 e. The molecule has 120 valence electrons. The molecular formula is C15H18F3N3O. The maximum absolute atomic E-state index is 12.9. The van der Waals surface area contributed by atoms with Crippen LogP contribution in [0.2, 0.25) is 0 Å². The number of hydrogen-bond donors (Lipinski definition) is 2. The standard InChI is InChI=1S/C15H18F3N3O/c1-19-14(22)11-8-21-5-4-20-7-10-3-2-9(6-15(16,17)18)12(11)13(10)21/h3,8-9,20H,2,4-7H2,1H3,(H,19,22)/t9-/m0/s1. The van der Waals surface area contributed by atoms with Crippen LogP contribution in [-0.2, 0) is 6.54 Å². The molecule has 2 N–H and O–H groups in total. The number of alkyl halides is 3. The normalized spacial score (nSPS) is 20.9. The Hall–Kier alpha value is -1.76. The van der Waals surface area contributed by atoms with Gasteiger partial charge in [-0.25, -0.2) is 0 Å². The third-order valence-electron chi connectivity index (χ3n) is 4.27. The molecule has 7 heteroatoms. The lowest BCUT2D eigenvalue weighted by atomic mass is 9.82. The van der Waals surface area contributed by atoms with Crippen molar-refractivity contribution in [3.63, 3.8) is 0 Å². The summed E-state index contributed by atoms with van der Waals surface area (Å²) in [4.78, 5) is 12.1. The van der Waals surface area contributed by atoms with Crippen LogP contribution in [0.4, 0.5) is 13.2 Å². The fourth-order valence-corrected chi connectivity index (χ4v) is 3.38. The molecule has 2 aliphatic rings. The fraction of sp³-hybridized carbons (Fsp3) is 0.533. The number of nitrogens with zero attached hydrogens (tertiary/aromatic N) is 1. The molecule has 2 heterocycles. The highest BCUT2D eigenvalue weighted by molar-refractivity contribution is 5.97. The highest BCUT2D eigenvalue weighted by Crippen LogP contribution is 2.43. The average molecular weight is 313 g/mol. The fourth-order valence-electron chi connectivity index (χ4n) is 3.38. The van der Waals surface area contributed by atoms with Gasteiger partial charge in [0.15, 0.2) is 0 Å². The number of carbonyl (C=O) groups excluding carboxylic acids is 1. The molecule has 3 rings (SSSR count). The minimum atomic E-state index is -4.24. The Balaban J connectivity index is 2.12. The van der Waals surface area contributed by atoms with E-state index in [0.29, 0.717) is 30.6 Å². The number of carbonyl (C=O) groups is 1. The van der Waals surface area contributed by atoms with Crippen molar-refractivity contribution in [1.82, 2.24) is 15.2 Å². The first-order valence-corrected chi connectivity index (χ1v) is 7.32. The second kappa shape index (κ2) is 5.46. The zero-order valence-electron chi connectivity index (χ0n) is 12.3. The van der Waals surface area contributed by atoms with E-state index in [0.717, 1.165) is 17.8 Å². The second-order valence-electron chi connectivity index (χ2n) is 5.74. The Kier molecular flexibility index (Phi) is 3.76. The summed E-state index contributed by atoms with van der Waals surface area (Å²) in [6.07, 6.45) is -1.25. The second-order valence-corrected chi connectivity index (χ2v) is 5.74. The first-order valence-electron chi connectivity index (χ1n) is 7.32. The van der Waals surface area contributed by atoms with E-state index in [-0.39, 0.29) is 5.91 Å². The molecule has 1 aromatic rings. The van der Waals surface area contributed by atoms with Crippen molar-refractivity contribution in [2.24, 2.45) is 0 Å². The van der Waals surface area contributed by atoms with Gasteiger partial charge >= 0.3 is 6.18 Å². The van der Waals surface area contributed by atoms with E-state index in [9.17, 15) is 18.0 Å². The van der Waals surface area contributed by atoms with Crippen LogP contribution in [0.15, 0.2) is 12.3 Å². The SMILES string of the molecule is CNC(=O)c1cn2c3c1[C@H](CC(F)(F)F)CC=C3CNCC2. The van der Waals surface area contributed by atoms with E-state index in [2.05, 4.69) is 10.6 Å². The topological polar surface area (TPSA) is 46.1 Å². The number of aromatic nitrogens is 1. The number of hydrogen-bond acceptors (Lipinski definition) is 2. The van der Waals surface area contributed by atoms with Gasteiger partial charge in [-0.15, -0.1) is 0 Å². The van der Waals surface area contributed by atoms with E-state index >= 15 is 0 Å². The summed E-state index contributed by atoms with van der Waals surface area (Å²) >= 11 is 0. The van der Waals surface area contributed by atoms with E-state index < -0.39 is 18.5 Å². The van der Waals surface area contributed by atoms with Crippen LogP contribution in [0.25, 0.3) is 5.57 Å². The third-order valence-corrected chi connectivity index (χ3v) is 4.27. The van der Waals surface area contributed by atoms with Crippen LogP contribution in [0.3, 0.4) is 0 Å².